The van der Waals surface area contributed by atoms with E-state index in [-0.39, 0.29) is 17.4 Å². The number of amides is 1. The first kappa shape index (κ1) is 15.3. The zero-order valence-electron chi connectivity index (χ0n) is 11.8. The van der Waals surface area contributed by atoms with Gasteiger partial charge in [0.05, 0.1) is 0 Å². The van der Waals surface area contributed by atoms with Gasteiger partial charge in [0.15, 0.2) is 11.5 Å². The highest BCUT2D eigenvalue weighted by Crippen LogP contribution is 2.25. The van der Waals surface area contributed by atoms with Crippen LogP contribution in [0.1, 0.15) is 23.7 Å². The largest absolute Gasteiger partial charge is 0.504 e. The SMILES string of the molecule is CCCN(CCN(C)C)C(=O)c1ccc(O)c(O)c1. The van der Waals surface area contributed by atoms with Crippen LogP contribution in [-0.4, -0.2) is 59.6 Å². The Morgan fingerprint density at radius 1 is 1.11 bits per heavy atom. The summed E-state index contributed by atoms with van der Waals surface area (Å²) in [6.07, 6.45) is 0.878. The molecule has 0 unspecified atom stereocenters. The Labute approximate surface area is 114 Å². The fourth-order valence-electron chi connectivity index (χ4n) is 1.74. The number of phenolic OH excluding ortho intramolecular Hbond substituents is 2. The number of carbonyl (C=O) groups is 1. The van der Waals surface area contributed by atoms with Gasteiger partial charge in [-0.25, -0.2) is 0 Å². The third kappa shape index (κ3) is 4.44. The van der Waals surface area contributed by atoms with Crippen molar-refractivity contribution in [3.63, 3.8) is 0 Å². The molecule has 2 N–H and O–H groups in total. The van der Waals surface area contributed by atoms with Crippen molar-refractivity contribution in [1.82, 2.24) is 9.80 Å². The number of rotatable bonds is 6. The van der Waals surface area contributed by atoms with Crippen molar-refractivity contribution >= 4 is 5.91 Å². The number of hydrogen-bond donors (Lipinski definition) is 2. The first-order chi connectivity index (χ1) is 8.95. The lowest BCUT2D eigenvalue weighted by Crippen LogP contribution is -2.37. The number of benzene rings is 1. The minimum atomic E-state index is -0.269. The molecule has 1 amide bonds. The van der Waals surface area contributed by atoms with Crippen LogP contribution in [0.25, 0.3) is 0 Å². The van der Waals surface area contributed by atoms with Crippen molar-refractivity contribution in [1.29, 1.82) is 0 Å². The van der Waals surface area contributed by atoms with Crippen LogP contribution in [0.4, 0.5) is 0 Å². The highest BCUT2D eigenvalue weighted by atomic mass is 16.3. The second-order valence-corrected chi connectivity index (χ2v) is 4.80. The summed E-state index contributed by atoms with van der Waals surface area (Å²) in [5.74, 6) is -0.610. The van der Waals surface area contributed by atoms with Gasteiger partial charge in [-0.15, -0.1) is 0 Å². The lowest BCUT2D eigenvalue weighted by atomic mass is 10.1. The predicted octanol–water partition coefficient (Wildman–Crippen LogP) is 1.51. The molecule has 5 nitrogen and oxygen atoms in total. The van der Waals surface area contributed by atoms with E-state index < -0.39 is 0 Å². The molecule has 0 aliphatic heterocycles. The van der Waals surface area contributed by atoms with Crippen LogP contribution in [0.15, 0.2) is 18.2 Å². The maximum absolute atomic E-state index is 12.3. The van der Waals surface area contributed by atoms with Crippen LogP contribution < -0.4 is 0 Å². The third-order valence-corrected chi connectivity index (χ3v) is 2.82. The molecule has 106 valence electrons. The minimum Gasteiger partial charge on any atom is -0.504 e. The van der Waals surface area contributed by atoms with E-state index in [1.165, 1.54) is 18.2 Å². The van der Waals surface area contributed by atoms with Gasteiger partial charge in [0, 0.05) is 25.2 Å². The Morgan fingerprint density at radius 3 is 2.32 bits per heavy atom. The maximum Gasteiger partial charge on any atom is 0.254 e. The fourth-order valence-corrected chi connectivity index (χ4v) is 1.74. The number of phenols is 2. The van der Waals surface area contributed by atoms with Crippen LogP contribution in [0.5, 0.6) is 11.5 Å². The molecule has 0 spiro atoms. The van der Waals surface area contributed by atoms with Crippen molar-refractivity contribution in [2.75, 3.05) is 33.7 Å². The lowest BCUT2D eigenvalue weighted by Gasteiger charge is -2.24. The van der Waals surface area contributed by atoms with Crippen LogP contribution in [-0.2, 0) is 0 Å². The van der Waals surface area contributed by atoms with Gasteiger partial charge in [0.2, 0.25) is 0 Å². The van der Waals surface area contributed by atoms with Crippen molar-refractivity contribution < 1.29 is 15.0 Å². The Hall–Kier alpha value is -1.75. The van der Waals surface area contributed by atoms with Crippen molar-refractivity contribution in [3.05, 3.63) is 23.8 Å². The second kappa shape index (κ2) is 6.99. The molecule has 0 saturated heterocycles. The van der Waals surface area contributed by atoms with Gasteiger partial charge >= 0.3 is 0 Å². The summed E-state index contributed by atoms with van der Waals surface area (Å²) in [5, 5.41) is 18.7. The topological polar surface area (TPSA) is 64.0 Å². The highest BCUT2D eigenvalue weighted by molar-refractivity contribution is 5.94. The van der Waals surface area contributed by atoms with Gasteiger partial charge in [-0.1, -0.05) is 6.92 Å². The summed E-state index contributed by atoms with van der Waals surface area (Å²) in [6.45, 7) is 4.12. The molecule has 19 heavy (non-hydrogen) atoms. The zero-order valence-corrected chi connectivity index (χ0v) is 11.8. The van der Waals surface area contributed by atoms with Gasteiger partial charge in [-0.05, 0) is 38.7 Å². The molecule has 1 aromatic rings. The first-order valence-electron chi connectivity index (χ1n) is 6.41. The maximum atomic E-state index is 12.3. The number of hydrogen-bond acceptors (Lipinski definition) is 4. The van der Waals surface area contributed by atoms with Crippen LogP contribution in [0.2, 0.25) is 0 Å². The van der Waals surface area contributed by atoms with E-state index >= 15 is 0 Å². The van der Waals surface area contributed by atoms with Crippen LogP contribution >= 0.6 is 0 Å². The fraction of sp³-hybridized carbons (Fsp3) is 0.500. The normalized spacial score (nSPS) is 10.7. The molecule has 1 rings (SSSR count). The van der Waals surface area contributed by atoms with Crippen molar-refractivity contribution in [2.24, 2.45) is 0 Å². The molecule has 1 aromatic carbocycles. The smallest absolute Gasteiger partial charge is 0.254 e. The average Bonchev–Trinajstić information content (AvgIpc) is 2.36. The molecule has 0 aromatic heterocycles. The number of aromatic hydroxyl groups is 2. The molecule has 0 fully saturated rings. The molecular formula is C14H22N2O3. The lowest BCUT2D eigenvalue weighted by molar-refractivity contribution is 0.0744. The molecule has 0 aliphatic carbocycles. The third-order valence-electron chi connectivity index (χ3n) is 2.82. The number of carbonyl (C=O) groups excluding carboxylic acids is 1. The zero-order chi connectivity index (χ0) is 14.4. The van der Waals surface area contributed by atoms with Gasteiger partial charge in [-0.3, -0.25) is 4.79 Å². The quantitative estimate of drug-likeness (QED) is 0.766. The summed E-state index contributed by atoms with van der Waals surface area (Å²) < 4.78 is 0. The molecule has 0 bridgehead atoms. The molecule has 0 radical (unpaired) electrons. The monoisotopic (exact) mass is 266 g/mol. The van der Waals surface area contributed by atoms with Crippen molar-refractivity contribution in [3.8, 4) is 11.5 Å². The van der Waals surface area contributed by atoms with E-state index in [1.54, 1.807) is 4.90 Å². The summed E-state index contributed by atoms with van der Waals surface area (Å²) in [4.78, 5) is 16.1. The van der Waals surface area contributed by atoms with E-state index in [9.17, 15) is 15.0 Å². The Balaban J connectivity index is 2.82. The Kier molecular flexibility index (Phi) is 5.63. The standard InChI is InChI=1S/C14H22N2O3/c1-4-7-16(9-8-15(2)3)14(19)11-5-6-12(17)13(18)10-11/h5-6,10,17-18H,4,7-9H2,1-3H3. The average molecular weight is 266 g/mol. The van der Waals surface area contributed by atoms with Crippen LogP contribution in [0, 0.1) is 0 Å². The Morgan fingerprint density at radius 2 is 1.79 bits per heavy atom. The molecule has 5 heteroatoms. The molecule has 0 heterocycles. The molecule has 0 atom stereocenters. The van der Waals surface area contributed by atoms with Gasteiger partial charge in [0.25, 0.3) is 5.91 Å². The summed E-state index contributed by atoms with van der Waals surface area (Å²) >= 11 is 0. The molecule has 0 aliphatic rings. The van der Waals surface area contributed by atoms with E-state index in [4.69, 9.17) is 0 Å². The van der Waals surface area contributed by atoms with E-state index in [1.807, 2.05) is 25.9 Å². The molecule has 0 saturated carbocycles. The van der Waals surface area contributed by atoms with Crippen LogP contribution in [0.3, 0.4) is 0 Å². The van der Waals surface area contributed by atoms with Gasteiger partial charge in [-0.2, -0.15) is 0 Å². The first-order valence-corrected chi connectivity index (χ1v) is 6.41. The summed E-state index contributed by atoms with van der Waals surface area (Å²) in [5.41, 5.74) is 0.391. The summed E-state index contributed by atoms with van der Waals surface area (Å²) in [7, 11) is 3.92. The van der Waals surface area contributed by atoms with E-state index in [0.29, 0.717) is 18.7 Å². The molecular weight excluding hydrogens is 244 g/mol. The Bertz CT molecular complexity index is 433. The number of nitrogens with zero attached hydrogens (tertiary/aromatic N) is 2. The van der Waals surface area contributed by atoms with Gasteiger partial charge in [0.1, 0.15) is 0 Å². The van der Waals surface area contributed by atoms with E-state index in [0.717, 1.165) is 13.0 Å². The van der Waals surface area contributed by atoms with Gasteiger partial charge < -0.3 is 20.0 Å². The van der Waals surface area contributed by atoms with E-state index in [2.05, 4.69) is 0 Å². The summed E-state index contributed by atoms with van der Waals surface area (Å²) in [6, 6.07) is 4.16. The highest BCUT2D eigenvalue weighted by Gasteiger charge is 2.16. The second-order valence-electron chi connectivity index (χ2n) is 4.80. The van der Waals surface area contributed by atoms with Crippen molar-refractivity contribution in [2.45, 2.75) is 13.3 Å². The predicted molar refractivity (Wildman–Crippen MR) is 74.5 cm³/mol. The number of likely N-dealkylation sites (N-methyl/N-ethyl adjacent to an activating group) is 1. The minimum absolute atomic E-state index is 0.126.